The molecule has 0 saturated heterocycles. The number of aromatic nitrogens is 3. The molecule has 110 valence electrons. The van der Waals surface area contributed by atoms with Gasteiger partial charge in [0.05, 0.1) is 18.4 Å². The normalized spacial score (nSPS) is 10.3. The minimum absolute atomic E-state index is 0.00885. The molecule has 21 heavy (non-hydrogen) atoms. The number of hydrogen-bond donors (Lipinski definition) is 2. The molecule has 0 fully saturated rings. The maximum absolute atomic E-state index is 11.8. The molecule has 0 aliphatic carbocycles. The minimum Gasteiger partial charge on any atom is -0.476 e. The number of amides is 1. The number of aryl methyl sites for hydroxylation is 1. The van der Waals surface area contributed by atoms with Crippen LogP contribution in [0.5, 0.6) is 0 Å². The summed E-state index contributed by atoms with van der Waals surface area (Å²) in [6.45, 7) is 2.78. The smallest absolute Gasteiger partial charge is 0.356 e. The summed E-state index contributed by atoms with van der Waals surface area (Å²) in [7, 11) is 0. The number of imidazole rings is 1. The highest BCUT2D eigenvalue weighted by atomic mass is 16.4. The van der Waals surface area contributed by atoms with E-state index in [1.807, 2.05) is 19.1 Å². The predicted molar refractivity (Wildman–Crippen MR) is 74.9 cm³/mol. The fourth-order valence-corrected chi connectivity index (χ4v) is 1.84. The van der Waals surface area contributed by atoms with Crippen molar-refractivity contribution in [3.05, 3.63) is 47.8 Å². The number of carbonyl (C=O) groups is 2. The molecule has 0 atom stereocenters. The number of carbonyl (C=O) groups excluding carboxylic acids is 1. The third-order valence-electron chi connectivity index (χ3n) is 2.99. The molecular formula is C14H16N4O3. The summed E-state index contributed by atoms with van der Waals surface area (Å²) in [6, 6.07) is 3.74. The Labute approximate surface area is 121 Å². The third-order valence-corrected chi connectivity index (χ3v) is 2.99. The van der Waals surface area contributed by atoms with E-state index in [9.17, 15) is 9.59 Å². The number of aromatic carboxylic acids is 1. The molecule has 0 aliphatic rings. The molecule has 7 heteroatoms. The largest absolute Gasteiger partial charge is 0.476 e. The lowest BCUT2D eigenvalue weighted by Gasteiger charge is -2.07. The molecule has 2 rings (SSSR count). The van der Waals surface area contributed by atoms with Crippen LogP contribution in [0.25, 0.3) is 0 Å². The quantitative estimate of drug-likeness (QED) is 0.813. The lowest BCUT2D eigenvalue weighted by atomic mass is 10.1. The number of rotatable bonds is 6. The molecule has 0 bridgehead atoms. The zero-order valence-electron chi connectivity index (χ0n) is 11.6. The molecule has 0 aromatic carbocycles. The van der Waals surface area contributed by atoms with E-state index in [0.29, 0.717) is 13.1 Å². The highest BCUT2D eigenvalue weighted by molar-refractivity contribution is 5.84. The Morgan fingerprint density at radius 1 is 1.38 bits per heavy atom. The molecule has 0 radical (unpaired) electrons. The standard InChI is InChI=1S/C14H16N4O3/c1-10-3-2-4-15-11(10)7-13(19)16-5-6-18-8-12(14(20)21)17-9-18/h2-4,8-9H,5-7H2,1H3,(H,16,19)(H,20,21). The maximum atomic E-state index is 11.8. The Balaban J connectivity index is 1.79. The predicted octanol–water partition coefficient (Wildman–Crippen LogP) is 0.644. The molecule has 2 aromatic heterocycles. The second-order valence-electron chi connectivity index (χ2n) is 4.60. The summed E-state index contributed by atoms with van der Waals surface area (Å²) in [5.41, 5.74) is 1.73. The lowest BCUT2D eigenvalue weighted by Crippen LogP contribution is -2.28. The summed E-state index contributed by atoms with van der Waals surface area (Å²) in [5.74, 6) is -1.18. The zero-order chi connectivity index (χ0) is 15.2. The Morgan fingerprint density at radius 3 is 2.86 bits per heavy atom. The van der Waals surface area contributed by atoms with Gasteiger partial charge in [-0.1, -0.05) is 6.07 Å². The van der Waals surface area contributed by atoms with Gasteiger partial charge >= 0.3 is 5.97 Å². The Morgan fingerprint density at radius 2 is 2.19 bits per heavy atom. The number of nitrogens with zero attached hydrogens (tertiary/aromatic N) is 3. The number of carboxylic acids is 1. The van der Waals surface area contributed by atoms with Gasteiger partial charge in [-0.2, -0.15) is 0 Å². The van der Waals surface area contributed by atoms with E-state index >= 15 is 0 Å². The van der Waals surface area contributed by atoms with Gasteiger partial charge in [-0.05, 0) is 18.6 Å². The molecular weight excluding hydrogens is 272 g/mol. The van der Waals surface area contributed by atoms with Gasteiger partial charge in [0.2, 0.25) is 5.91 Å². The van der Waals surface area contributed by atoms with Crippen LogP contribution in [-0.2, 0) is 17.8 Å². The summed E-state index contributed by atoms with van der Waals surface area (Å²) in [5, 5.41) is 11.5. The van der Waals surface area contributed by atoms with Gasteiger partial charge in [-0.3, -0.25) is 9.78 Å². The second-order valence-corrected chi connectivity index (χ2v) is 4.60. The molecule has 2 N–H and O–H groups in total. The van der Waals surface area contributed by atoms with Crippen molar-refractivity contribution in [3.8, 4) is 0 Å². The van der Waals surface area contributed by atoms with Gasteiger partial charge in [-0.25, -0.2) is 9.78 Å². The molecule has 0 unspecified atom stereocenters. The van der Waals surface area contributed by atoms with Crippen molar-refractivity contribution in [2.24, 2.45) is 0 Å². The van der Waals surface area contributed by atoms with Crippen molar-refractivity contribution in [1.82, 2.24) is 19.9 Å². The SMILES string of the molecule is Cc1cccnc1CC(=O)NCCn1cnc(C(=O)O)c1. The van der Waals surface area contributed by atoms with Gasteiger partial charge in [0.15, 0.2) is 5.69 Å². The number of hydrogen-bond acceptors (Lipinski definition) is 4. The Bertz CT molecular complexity index is 651. The first-order chi connectivity index (χ1) is 10.1. The Kier molecular flexibility index (Phi) is 4.65. The average molecular weight is 288 g/mol. The minimum atomic E-state index is -1.07. The molecule has 0 aliphatic heterocycles. The van der Waals surface area contributed by atoms with Crippen LogP contribution >= 0.6 is 0 Å². The van der Waals surface area contributed by atoms with Crippen molar-refractivity contribution in [1.29, 1.82) is 0 Å². The summed E-state index contributed by atoms with van der Waals surface area (Å²) >= 11 is 0. The van der Waals surface area contributed by atoms with E-state index < -0.39 is 5.97 Å². The molecule has 0 spiro atoms. The van der Waals surface area contributed by atoms with Crippen LogP contribution in [0.2, 0.25) is 0 Å². The molecule has 7 nitrogen and oxygen atoms in total. The van der Waals surface area contributed by atoms with Crippen LogP contribution in [0.3, 0.4) is 0 Å². The summed E-state index contributed by atoms with van der Waals surface area (Å²) in [6.07, 6.45) is 4.75. The molecule has 2 aromatic rings. The van der Waals surface area contributed by atoms with Crippen LogP contribution in [0.4, 0.5) is 0 Å². The van der Waals surface area contributed by atoms with E-state index in [1.54, 1.807) is 10.8 Å². The van der Waals surface area contributed by atoms with Gasteiger partial charge in [-0.15, -0.1) is 0 Å². The van der Waals surface area contributed by atoms with E-state index in [4.69, 9.17) is 5.11 Å². The first-order valence-electron chi connectivity index (χ1n) is 6.48. The van der Waals surface area contributed by atoms with Gasteiger partial charge in [0.1, 0.15) is 0 Å². The van der Waals surface area contributed by atoms with Crippen LogP contribution in [-0.4, -0.2) is 38.1 Å². The van der Waals surface area contributed by atoms with E-state index in [0.717, 1.165) is 11.3 Å². The van der Waals surface area contributed by atoms with Crippen molar-refractivity contribution in [2.75, 3.05) is 6.54 Å². The fraction of sp³-hybridized carbons (Fsp3) is 0.286. The average Bonchev–Trinajstić information content (AvgIpc) is 2.90. The van der Waals surface area contributed by atoms with Crippen molar-refractivity contribution in [2.45, 2.75) is 19.9 Å². The maximum Gasteiger partial charge on any atom is 0.356 e. The first kappa shape index (κ1) is 14.7. The zero-order valence-corrected chi connectivity index (χ0v) is 11.6. The lowest BCUT2D eigenvalue weighted by molar-refractivity contribution is -0.120. The van der Waals surface area contributed by atoms with E-state index in [2.05, 4.69) is 15.3 Å². The summed E-state index contributed by atoms with van der Waals surface area (Å²) in [4.78, 5) is 30.4. The Hall–Kier alpha value is -2.70. The van der Waals surface area contributed by atoms with Gasteiger partial charge < -0.3 is 15.0 Å². The highest BCUT2D eigenvalue weighted by Gasteiger charge is 2.08. The molecule has 2 heterocycles. The van der Waals surface area contributed by atoms with Crippen molar-refractivity contribution in [3.63, 3.8) is 0 Å². The van der Waals surface area contributed by atoms with Gasteiger partial charge in [0.25, 0.3) is 0 Å². The summed E-state index contributed by atoms with van der Waals surface area (Å²) < 4.78 is 1.62. The first-order valence-corrected chi connectivity index (χ1v) is 6.48. The van der Waals surface area contributed by atoms with Crippen LogP contribution in [0, 0.1) is 6.92 Å². The van der Waals surface area contributed by atoms with Crippen molar-refractivity contribution < 1.29 is 14.7 Å². The molecule has 1 amide bonds. The number of nitrogens with one attached hydrogen (secondary N) is 1. The van der Waals surface area contributed by atoms with Gasteiger partial charge in [0, 0.05) is 25.5 Å². The number of carboxylic acid groups (broad SMARTS) is 1. The topological polar surface area (TPSA) is 97.1 Å². The highest BCUT2D eigenvalue weighted by Crippen LogP contribution is 2.03. The monoisotopic (exact) mass is 288 g/mol. The third kappa shape index (κ3) is 4.13. The van der Waals surface area contributed by atoms with Crippen molar-refractivity contribution >= 4 is 11.9 Å². The van der Waals surface area contributed by atoms with Crippen LogP contribution in [0.15, 0.2) is 30.9 Å². The van der Waals surface area contributed by atoms with E-state index in [-0.39, 0.29) is 18.0 Å². The second kappa shape index (κ2) is 6.65. The van der Waals surface area contributed by atoms with E-state index in [1.165, 1.54) is 12.5 Å². The number of pyridine rings is 1. The molecule has 0 saturated carbocycles. The van der Waals surface area contributed by atoms with Crippen LogP contribution < -0.4 is 5.32 Å². The van der Waals surface area contributed by atoms with Crippen LogP contribution in [0.1, 0.15) is 21.7 Å². The fourth-order valence-electron chi connectivity index (χ4n) is 1.84.